The van der Waals surface area contributed by atoms with Crippen molar-refractivity contribution in [2.75, 3.05) is 25.5 Å². The van der Waals surface area contributed by atoms with E-state index in [9.17, 15) is 9.90 Å². The highest BCUT2D eigenvalue weighted by molar-refractivity contribution is 5.85. The molecule has 1 atom stereocenters. The van der Waals surface area contributed by atoms with E-state index >= 15 is 0 Å². The number of carbonyl (C=O) groups is 1. The lowest BCUT2D eigenvalue weighted by molar-refractivity contribution is 0.0165. The number of benzene rings is 1. The third kappa shape index (κ3) is 5.39. The van der Waals surface area contributed by atoms with E-state index in [0.717, 1.165) is 24.9 Å². The van der Waals surface area contributed by atoms with Crippen molar-refractivity contribution in [3.63, 3.8) is 0 Å². The second-order valence-electron chi connectivity index (χ2n) is 7.33. The molecule has 0 radical (unpaired) electrons. The zero-order valence-corrected chi connectivity index (χ0v) is 14.9. The summed E-state index contributed by atoms with van der Waals surface area (Å²) in [5.41, 5.74) is 0.128. The first-order chi connectivity index (χ1) is 11.2. The normalized spacial score (nSPS) is 21.2. The van der Waals surface area contributed by atoms with Gasteiger partial charge in [0.2, 0.25) is 0 Å². The number of rotatable bonds is 4. The second kappa shape index (κ2) is 7.40. The predicted molar refractivity (Wildman–Crippen MR) is 93.6 cm³/mol. The molecule has 6 heteroatoms. The zero-order chi connectivity index (χ0) is 17.8. The first-order valence-electron chi connectivity index (χ1n) is 8.31. The van der Waals surface area contributed by atoms with Gasteiger partial charge in [-0.15, -0.1) is 0 Å². The third-order valence-electron chi connectivity index (χ3n) is 3.89. The summed E-state index contributed by atoms with van der Waals surface area (Å²) in [6.07, 6.45) is 1.64. The van der Waals surface area contributed by atoms with Gasteiger partial charge in [-0.05, 0) is 63.9 Å². The van der Waals surface area contributed by atoms with E-state index in [-0.39, 0.29) is 0 Å². The fourth-order valence-electron chi connectivity index (χ4n) is 2.87. The van der Waals surface area contributed by atoms with Gasteiger partial charge in [-0.25, -0.2) is 4.79 Å². The molecule has 0 bridgehead atoms. The summed E-state index contributed by atoms with van der Waals surface area (Å²) in [6, 6.07) is 5.38. The first-order valence-corrected chi connectivity index (χ1v) is 8.31. The molecule has 6 nitrogen and oxygen atoms in total. The van der Waals surface area contributed by atoms with Crippen molar-refractivity contribution in [1.29, 1.82) is 0 Å². The fraction of sp³-hybridized carbons (Fsp3) is 0.611. The van der Waals surface area contributed by atoms with Crippen molar-refractivity contribution in [3.8, 4) is 5.75 Å². The lowest BCUT2D eigenvalue weighted by Gasteiger charge is -2.33. The molecule has 24 heavy (non-hydrogen) atoms. The Labute approximate surface area is 143 Å². The topological polar surface area (TPSA) is 79.8 Å². The molecule has 1 unspecified atom stereocenters. The van der Waals surface area contributed by atoms with Gasteiger partial charge in [-0.1, -0.05) is 0 Å². The Kier molecular flexibility index (Phi) is 5.72. The largest absolute Gasteiger partial charge is 0.496 e. The van der Waals surface area contributed by atoms with Crippen LogP contribution in [0, 0.1) is 0 Å². The molecule has 1 amide bonds. The molecule has 2 rings (SSSR count). The summed E-state index contributed by atoms with van der Waals surface area (Å²) in [5, 5.41) is 16.7. The number of methoxy groups -OCH3 is 1. The maximum Gasteiger partial charge on any atom is 0.412 e. The lowest BCUT2D eigenvalue weighted by Crippen LogP contribution is -2.47. The summed E-state index contributed by atoms with van der Waals surface area (Å²) in [4.78, 5) is 11.9. The highest BCUT2D eigenvalue weighted by Gasteiger charge is 2.30. The molecule has 1 aliphatic rings. The van der Waals surface area contributed by atoms with Crippen LogP contribution in [0.25, 0.3) is 0 Å². The Morgan fingerprint density at radius 3 is 2.75 bits per heavy atom. The van der Waals surface area contributed by atoms with E-state index in [0.29, 0.717) is 24.4 Å². The number of piperidine rings is 1. The van der Waals surface area contributed by atoms with Gasteiger partial charge in [-0.3, -0.25) is 5.32 Å². The highest BCUT2D eigenvalue weighted by Crippen LogP contribution is 2.29. The van der Waals surface area contributed by atoms with E-state index in [2.05, 4.69) is 10.6 Å². The van der Waals surface area contributed by atoms with Crippen LogP contribution < -0.4 is 15.4 Å². The molecule has 134 valence electrons. The van der Waals surface area contributed by atoms with E-state index in [1.807, 2.05) is 26.8 Å². The van der Waals surface area contributed by atoms with Crippen LogP contribution in [0.3, 0.4) is 0 Å². The van der Waals surface area contributed by atoms with Crippen molar-refractivity contribution in [3.05, 3.63) is 23.8 Å². The van der Waals surface area contributed by atoms with Gasteiger partial charge in [0.05, 0.1) is 12.7 Å². The number of hydrogen-bond acceptors (Lipinski definition) is 5. The van der Waals surface area contributed by atoms with E-state index in [1.165, 1.54) is 0 Å². The average molecular weight is 336 g/mol. The molecule has 1 saturated heterocycles. The number of β-amino-alcohol motifs (C(OH)–C–C–N with tert-alkyl or cyclic N) is 1. The molecule has 1 fully saturated rings. The van der Waals surface area contributed by atoms with Gasteiger partial charge >= 0.3 is 6.09 Å². The molecule has 0 spiro atoms. The molecule has 1 aromatic carbocycles. The van der Waals surface area contributed by atoms with Gasteiger partial charge in [-0.2, -0.15) is 0 Å². The fourth-order valence-corrected chi connectivity index (χ4v) is 2.87. The van der Waals surface area contributed by atoms with Crippen molar-refractivity contribution in [1.82, 2.24) is 5.32 Å². The number of ether oxygens (including phenoxy) is 2. The molecule has 1 aromatic rings. The summed E-state index contributed by atoms with van der Waals surface area (Å²) in [7, 11) is 1.60. The first kappa shape index (κ1) is 18.5. The monoisotopic (exact) mass is 336 g/mol. The van der Waals surface area contributed by atoms with Crippen LogP contribution in [0.15, 0.2) is 18.2 Å². The highest BCUT2D eigenvalue weighted by atomic mass is 16.6. The summed E-state index contributed by atoms with van der Waals surface area (Å²) < 4.78 is 10.7. The van der Waals surface area contributed by atoms with Gasteiger partial charge in [0.25, 0.3) is 0 Å². The average Bonchev–Trinajstić information content (AvgIpc) is 2.45. The van der Waals surface area contributed by atoms with Crippen molar-refractivity contribution >= 4 is 11.8 Å². The van der Waals surface area contributed by atoms with Gasteiger partial charge in [0.15, 0.2) is 0 Å². The smallest absolute Gasteiger partial charge is 0.412 e. The van der Waals surface area contributed by atoms with Crippen LogP contribution in [0.1, 0.15) is 39.2 Å². The number of carbonyl (C=O) groups excluding carboxylic acids is 1. The summed E-state index contributed by atoms with van der Waals surface area (Å²) >= 11 is 0. The van der Waals surface area contributed by atoms with E-state index in [1.54, 1.807) is 19.2 Å². The minimum Gasteiger partial charge on any atom is -0.496 e. The van der Waals surface area contributed by atoms with Crippen LogP contribution in [0.4, 0.5) is 10.5 Å². The predicted octanol–water partition coefficient (Wildman–Crippen LogP) is 2.70. The van der Waals surface area contributed by atoms with E-state index in [4.69, 9.17) is 9.47 Å². The Balaban J connectivity index is 2.13. The number of nitrogens with one attached hydrogen (secondary N) is 2. The molecule has 0 aromatic heterocycles. The number of hydrogen-bond donors (Lipinski definition) is 3. The van der Waals surface area contributed by atoms with Crippen molar-refractivity contribution in [2.24, 2.45) is 0 Å². The van der Waals surface area contributed by atoms with Crippen LogP contribution in [0.5, 0.6) is 5.75 Å². The number of anilines is 1. The van der Waals surface area contributed by atoms with Gasteiger partial charge in [0.1, 0.15) is 11.4 Å². The number of amides is 1. The van der Waals surface area contributed by atoms with Crippen molar-refractivity contribution in [2.45, 2.75) is 51.2 Å². The Morgan fingerprint density at radius 1 is 1.42 bits per heavy atom. The standard InChI is InChI=1S/C18H28N2O4/c1-17(2,3)24-16(21)20-14-6-7-15(23-4)13(10-14)11-18(22)8-5-9-19-12-18/h6-7,10,19,22H,5,8-9,11-12H2,1-4H3,(H,20,21). The van der Waals surface area contributed by atoms with Crippen LogP contribution in [-0.2, 0) is 11.2 Å². The van der Waals surface area contributed by atoms with Crippen LogP contribution in [-0.4, -0.2) is 42.6 Å². The molecule has 0 aliphatic carbocycles. The Hall–Kier alpha value is -1.79. The van der Waals surface area contributed by atoms with Crippen LogP contribution in [0.2, 0.25) is 0 Å². The molecule has 1 heterocycles. The van der Waals surface area contributed by atoms with Crippen LogP contribution >= 0.6 is 0 Å². The minimum atomic E-state index is -0.796. The molecule has 0 saturated carbocycles. The van der Waals surface area contributed by atoms with Crippen molar-refractivity contribution < 1.29 is 19.4 Å². The maximum atomic E-state index is 11.9. The molecule has 3 N–H and O–H groups in total. The van der Waals surface area contributed by atoms with Gasteiger partial charge in [0, 0.05) is 18.7 Å². The quantitative estimate of drug-likeness (QED) is 0.788. The minimum absolute atomic E-state index is 0.465. The Morgan fingerprint density at radius 2 is 2.17 bits per heavy atom. The zero-order valence-electron chi connectivity index (χ0n) is 14.9. The second-order valence-corrected chi connectivity index (χ2v) is 7.33. The number of aliphatic hydroxyl groups is 1. The lowest BCUT2D eigenvalue weighted by atomic mass is 9.87. The SMILES string of the molecule is COc1ccc(NC(=O)OC(C)(C)C)cc1CC1(O)CCCNC1. The van der Waals surface area contributed by atoms with E-state index < -0.39 is 17.3 Å². The third-order valence-corrected chi connectivity index (χ3v) is 3.89. The summed E-state index contributed by atoms with van der Waals surface area (Å²) in [6.45, 7) is 6.94. The molecular formula is C18H28N2O4. The van der Waals surface area contributed by atoms with Gasteiger partial charge < -0.3 is 19.9 Å². The molecule has 1 aliphatic heterocycles. The maximum absolute atomic E-state index is 11.9. The Bertz CT molecular complexity index is 575. The summed E-state index contributed by atoms with van der Waals surface area (Å²) in [5.74, 6) is 0.698. The molecular weight excluding hydrogens is 308 g/mol.